The fourth-order valence-electron chi connectivity index (χ4n) is 13.1. The van der Waals surface area contributed by atoms with Crippen LogP contribution in [0.4, 0.5) is 0 Å². The number of aromatic amines is 2. The standard InChI is InChI=1S/C80H132N22O13/c1-9-49(7)66(78(113)102-67(79(114)115)50(8)10-2)101-72(107)59(32-19-23-37-84)95-76(111)64(42-52-44-90-56-29-15-14-27-54(52)56)99-70(105)58(31-18-22-36-83)93-73(108)62(40-48(5)6)97-77(112)65(43-53-45-88-46-91-53)100-71(106)60(33-24-38-89-80(86)87)92-69(104)57(30-17-21-35-82)94-75(110)63(41-51-25-12-11-13-26-51)98-74(109)61(39-47(3)4)96-68(103)55(85)28-16-20-34-81/h11-15,25-27,29,44-50,55,57-67,90H,9-10,16-24,28,30-43,81-85H2,1-8H3,(H,88,91)(H,92,104)(H,93,108)(H,94,110)(H,95,111)(H,96,103)(H,97,112)(H,98,109)(H,99,105)(H,100,106)(H,101,107)(H,102,113)(H,114,115)(H4,86,87,89)/t49-,50-,55-,57-,58-,59-,60-,61-,62-,63-,64-,65-,66-,67-/m0/s1. The number of aliphatic imine (C=N–C) groups is 1. The summed E-state index contributed by atoms with van der Waals surface area (Å²) in [5, 5.41) is 41.6. The molecule has 4 rings (SSSR count). The molecule has 14 atom stereocenters. The number of carboxylic acids is 1. The summed E-state index contributed by atoms with van der Waals surface area (Å²) in [7, 11) is 0. The number of imidazole rings is 1. The number of hydrogen-bond acceptors (Lipinski definition) is 19. The van der Waals surface area contributed by atoms with Gasteiger partial charge in [-0.1, -0.05) is 123 Å². The summed E-state index contributed by atoms with van der Waals surface area (Å²) >= 11 is 0. The largest absolute Gasteiger partial charge is 0.480 e. The number of amides is 11. The molecule has 115 heavy (non-hydrogen) atoms. The number of aromatic nitrogens is 3. The first kappa shape index (κ1) is 97.3. The van der Waals surface area contributed by atoms with Gasteiger partial charge in [0.15, 0.2) is 5.96 Å². The average Bonchev–Trinajstić information content (AvgIpc) is 1.48. The van der Waals surface area contributed by atoms with Crippen LogP contribution in [-0.2, 0) is 76.8 Å². The number of aliphatic carboxylic acids is 1. The van der Waals surface area contributed by atoms with E-state index < -0.39 is 155 Å². The minimum atomic E-state index is -1.50. The van der Waals surface area contributed by atoms with Crippen molar-refractivity contribution in [2.75, 3.05) is 32.7 Å². The van der Waals surface area contributed by atoms with Crippen molar-refractivity contribution in [2.45, 2.75) is 263 Å². The highest BCUT2D eigenvalue weighted by atomic mass is 16.4. The minimum absolute atomic E-state index is 0.000438. The van der Waals surface area contributed by atoms with E-state index in [9.17, 15) is 38.7 Å². The Morgan fingerprint density at radius 3 is 1.25 bits per heavy atom. The van der Waals surface area contributed by atoms with E-state index in [4.69, 9.17) is 40.1 Å². The van der Waals surface area contributed by atoms with Crippen LogP contribution in [0.2, 0.25) is 0 Å². The molecule has 0 radical (unpaired) electrons. The number of carboxylic acid groups (broad SMARTS) is 1. The van der Waals surface area contributed by atoms with Gasteiger partial charge in [-0.25, -0.2) is 9.78 Å². The number of fused-ring (bicyclic) bond motifs is 1. The fourth-order valence-corrected chi connectivity index (χ4v) is 13.1. The summed E-state index contributed by atoms with van der Waals surface area (Å²) < 4.78 is 0. The molecule has 0 saturated heterocycles. The third kappa shape index (κ3) is 34.9. The molecule has 4 aromatic rings. The molecule has 2 heterocycles. The lowest BCUT2D eigenvalue weighted by atomic mass is 9.95. The summed E-state index contributed by atoms with van der Waals surface area (Å²) in [5.41, 5.74) is 43.4. The van der Waals surface area contributed by atoms with Crippen molar-refractivity contribution in [1.29, 1.82) is 0 Å². The lowest BCUT2D eigenvalue weighted by Crippen LogP contribution is -2.61. The molecule has 2 aromatic carbocycles. The number of nitrogens with two attached hydrogens (primary N) is 7. The zero-order chi connectivity index (χ0) is 85.1. The van der Waals surface area contributed by atoms with Crippen LogP contribution in [0.3, 0.4) is 0 Å². The first-order chi connectivity index (χ1) is 54.9. The summed E-state index contributed by atoms with van der Waals surface area (Å²) in [4.78, 5) is 188. The number of guanidine groups is 1. The predicted octanol–water partition coefficient (Wildman–Crippen LogP) is 0.418. The third-order valence-electron chi connectivity index (χ3n) is 20.1. The molecule has 0 bridgehead atoms. The zero-order valence-electron chi connectivity index (χ0n) is 68.3. The molecule has 28 N–H and O–H groups in total. The van der Waals surface area contributed by atoms with Gasteiger partial charge in [0.2, 0.25) is 65.0 Å². The molecular formula is C80H132N22O13. The van der Waals surface area contributed by atoms with Crippen LogP contribution in [-0.4, -0.2) is 202 Å². The SMILES string of the molecule is CC[C@H](C)[C@H](NC(=O)[C@@H](NC(=O)[C@H](CCCCN)NC(=O)[C@H](Cc1c[nH]c2ccccc12)NC(=O)[C@H](CCCCN)NC(=O)[C@H](CC(C)C)NC(=O)[C@H](Cc1cnc[nH]1)NC(=O)[C@H](CCCN=C(N)N)NC(=O)[C@H](CCCCN)NC(=O)[C@H](Cc1ccccc1)NC(=O)[C@H](CC(C)C)NC(=O)[C@@H](N)CCCCN)[C@@H](C)CC)C(=O)O. The van der Waals surface area contributed by atoms with E-state index in [0.717, 1.165) is 10.9 Å². The highest BCUT2D eigenvalue weighted by Gasteiger charge is 2.39. The van der Waals surface area contributed by atoms with E-state index in [2.05, 4.69) is 78.4 Å². The maximum absolute atomic E-state index is 15.1. The number of hydrogen-bond donors (Lipinski definition) is 21. The molecular weight excluding hydrogens is 1480 g/mol. The highest BCUT2D eigenvalue weighted by Crippen LogP contribution is 2.22. The van der Waals surface area contributed by atoms with Gasteiger partial charge in [-0.05, 0) is 163 Å². The number of unbranched alkanes of at least 4 members (excludes halogenated alkanes) is 4. The van der Waals surface area contributed by atoms with E-state index in [1.54, 1.807) is 77.2 Å². The van der Waals surface area contributed by atoms with E-state index >= 15 is 24.0 Å². The number of H-pyrrole nitrogens is 2. The molecule has 35 heteroatoms. The number of rotatable bonds is 57. The van der Waals surface area contributed by atoms with Crippen LogP contribution in [0, 0.1) is 23.7 Å². The van der Waals surface area contributed by atoms with Crippen LogP contribution >= 0.6 is 0 Å². The van der Waals surface area contributed by atoms with Crippen LogP contribution in [0.1, 0.15) is 188 Å². The molecule has 0 unspecified atom stereocenters. The van der Waals surface area contributed by atoms with Crippen LogP contribution in [0.15, 0.2) is 78.3 Å². The van der Waals surface area contributed by atoms with Crippen LogP contribution < -0.4 is 98.6 Å². The van der Waals surface area contributed by atoms with E-state index in [1.807, 2.05) is 39.0 Å². The molecule has 0 fully saturated rings. The monoisotopic (exact) mass is 1610 g/mol. The highest BCUT2D eigenvalue weighted by molar-refractivity contribution is 6.00. The Morgan fingerprint density at radius 1 is 0.426 bits per heavy atom. The zero-order valence-corrected chi connectivity index (χ0v) is 68.3. The van der Waals surface area contributed by atoms with Gasteiger partial charge in [0.1, 0.15) is 66.5 Å². The summed E-state index contributed by atoms with van der Waals surface area (Å²) in [6, 6.07) is 0.501. The number of para-hydroxylation sites is 1. The Morgan fingerprint density at radius 2 is 0.809 bits per heavy atom. The second-order valence-corrected chi connectivity index (χ2v) is 30.6. The van der Waals surface area contributed by atoms with E-state index in [0.29, 0.717) is 94.0 Å². The van der Waals surface area contributed by atoms with Gasteiger partial charge < -0.3 is 114 Å². The van der Waals surface area contributed by atoms with Crippen molar-refractivity contribution in [1.82, 2.24) is 73.4 Å². The average molecular weight is 1610 g/mol. The molecule has 0 saturated carbocycles. The number of carbonyl (C=O) groups is 12. The van der Waals surface area contributed by atoms with Crippen molar-refractivity contribution < 1.29 is 62.6 Å². The van der Waals surface area contributed by atoms with Crippen molar-refractivity contribution in [3.8, 4) is 0 Å². The first-order valence-corrected chi connectivity index (χ1v) is 40.6. The normalized spacial score (nSPS) is 15.1. The van der Waals surface area contributed by atoms with Crippen molar-refractivity contribution in [2.24, 2.45) is 68.8 Å². The Balaban J connectivity index is 1.72. The van der Waals surface area contributed by atoms with Crippen molar-refractivity contribution in [3.05, 3.63) is 90.1 Å². The summed E-state index contributed by atoms with van der Waals surface area (Å²) in [6.45, 7) is 15.5. The van der Waals surface area contributed by atoms with Gasteiger partial charge in [0.05, 0.1) is 12.4 Å². The smallest absolute Gasteiger partial charge is 0.326 e. The van der Waals surface area contributed by atoms with Gasteiger partial charge in [-0.3, -0.25) is 57.7 Å². The topological polar surface area (TPSA) is 596 Å². The molecule has 11 amide bonds. The molecule has 2 aromatic heterocycles. The predicted molar refractivity (Wildman–Crippen MR) is 441 cm³/mol. The van der Waals surface area contributed by atoms with Gasteiger partial charge in [-0.2, -0.15) is 0 Å². The molecule has 35 nitrogen and oxygen atoms in total. The Hall–Kier alpha value is -10.1. The number of carbonyl (C=O) groups excluding carboxylic acids is 11. The van der Waals surface area contributed by atoms with Crippen molar-refractivity contribution in [3.63, 3.8) is 0 Å². The molecule has 0 aliphatic carbocycles. The molecule has 0 aliphatic heterocycles. The van der Waals surface area contributed by atoms with Gasteiger partial charge >= 0.3 is 5.97 Å². The van der Waals surface area contributed by atoms with Crippen molar-refractivity contribution >= 4 is 87.8 Å². The second-order valence-electron chi connectivity index (χ2n) is 30.6. The lowest BCUT2D eigenvalue weighted by molar-refractivity contribution is -0.144. The maximum atomic E-state index is 15.1. The number of nitrogens with one attached hydrogen (secondary N) is 13. The lowest BCUT2D eigenvalue weighted by Gasteiger charge is -2.30. The number of nitrogens with zero attached hydrogens (tertiary/aromatic N) is 2. The molecule has 0 aliphatic rings. The second kappa shape index (κ2) is 52.4. The summed E-state index contributed by atoms with van der Waals surface area (Å²) in [5.74, 6) is -11.3. The fraction of sp³-hybridized carbons (Fsp3) is 0.625. The quantitative estimate of drug-likeness (QED) is 0.0162. The minimum Gasteiger partial charge on any atom is -0.480 e. The van der Waals surface area contributed by atoms with Crippen LogP contribution in [0.5, 0.6) is 0 Å². The Kier molecular flexibility index (Phi) is 44.3. The van der Waals surface area contributed by atoms with Gasteiger partial charge in [-0.15, -0.1) is 0 Å². The molecule has 0 spiro atoms. The Labute approximate surface area is 675 Å². The van der Waals surface area contributed by atoms with Gasteiger partial charge in [0.25, 0.3) is 0 Å². The number of benzene rings is 2. The van der Waals surface area contributed by atoms with E-state index in [-0.39, 0.29) is 108 Å². The van der Waals surface area contributed by atoms with Gasteiger partial charge in [0, 0.05) is 54.8 Å². The third-order valence-corrected chi connectivity index (χ3v) is 20.1. The maximum Gasteiger partial charge on any atom is 0.326 e. The summed E-state index contributed by atoms with van der Waals surface area (Å²) in [6.07, 6.45) is 8.95. The molecule has 640 valence electrons. The van der Waals surface area contributed by atoms with Crippen LogP contribution in [0.25, 0.3) is 10.9 Å². The van der Waals surface area contributed by atoms with E-state index in [1.165, 1.54) is 12.5 Å². The first-order valence-electron chi connectivity index (χ1n) is 40.6. The Bertz CT molecular complexity index is 3710.